The van der Waals surface area contributed by atoms with Crippen molar-refractivity contribution in [2.45, 2.75) is 32.1 Å². The number of carbonyl (C=O) groups is 1. The number of hydrogen-bond donors (Lipinski definition) is 1. The number of hydrogen-bond acceptors (Lipinski definition) is 2. The maximum absolute atomic E-state index is 12.8. The lowest BCUT2D eigenvalue weighted by molar-refractivity contribution is -0.122. The van der Waals surface area contributed by atoms with Gasteiger partial charge in [0, 0.05) is 6.54 Å². The van der Waals surface area contributed by atoms with E-state index >= 15 is 0 Å². The summed E-state index contributed by atoms with van der Waals surface area (Å²) in [5.74, 6) is 0.370. The van der Waals surface area contributed by atoms with Gasteiger partial charge in [0.05, 0.1) is 12.5 Å². The largest absolute Gasteiger partial charge is 0.494 e. The predicted molar refractivity (Wildman–Crippen MR) is 93.6 cm³/mol. The second kappa shape index (κ2) is 9.71. The normalized spacial score (nSPS) is 11.8. The fourth-order valence-electron chi connectivity index (χ4n) is 2.54. The maximum atomic E-state index is 12.8. The molecule has 0 spiro atoms. The van der Waals surface area contributed by atoms with Crippen LogP contribution in [0, 0.1) is 5.82 Å². The zero-order valence-corrected chi connectivity index (χ0v) is 14.0. The van der Waals surface area contributed by atoms with E-state index in [4.69, 9.17) is 4.74 Å². The van der Waals surface area contributed by atoms with E-state index < -0.39 is 0 Å². The van der Waals surface area contributed by atoms with Gasteiger partial charge in [-0.2, -0.15) is 0 Å². The highest BCUT2D eigenvalue weighted by atomic mass is 19.1. The van der Waals surface area contributed by atoms with E-state index in [-0.39, 0.29) is 17.6 Å². The molecule has 2 aromatic rings. The standard InChI is InChI=1S/C20H24FNO2/c1-2-19(16-8-4-3-5-9-16)20(23)22-14-6-7-15-24-18-12-10-17(21)11-13-18/h3-5,8-13,19H,2,6-7,14-15H2,1H3,(H,22,23). The Balaban J connectivity index is 1.64. The zero-order valence-electron chi connectivity index (χ0n) is 14.0. The first-order valence-corrected chi connectivity index (χ1v) is 8.41. The molecule has 0 aromatic heterocycles. The molecule has 1 N–H and O–H groups in total. The van der Waals surface area contributed by atoms with E-state index in [9.17, 15) is 9.18 Å². The van der Waals surface area contributed by atoms with Crippen LogP contribution in [0.4, 0.5) is 4.39 Å². The van der Waals surface area contributed by atoms with Gasteiger partial charge >= 0.3 is 0 Å². The van der Waals surface area contributed by atoms with Gasteiger partial charge in [0.25, 0.3) is 0 Å². The molecule has 3 nitrogen and oxygen atoms in total. The lowest BCUT2D eigenvalue weighted by Gasteiger charge is -2.15. The van der Waals surface area contributed by atoms with Crippen molar-refractivity contribution in [3.63, 3.8) is 0 Å². The van der Waals surface area contributed by atoms with Crippen LogP contribution in [-0.2, 0) is 4.79 Å². The lowest BCUT2D eigenvalue weighted by Crippen LogP contribution is -2.30. The molecule has 128 valence electrons. The summed E-state index contributed by atoms with van der Waals surface area (Å²) in [6.07, 6.45) is 2.46. The first-order chi connectivity index (χ1) is 11.7. The second-order valence-electron chi connectivity index (χ2n) is 5.67. The molecular formula is C20H24FNO2. The molecule has 0 saturated carbocycles. The Morgan fingerprint density at radius 2 is 1.79 bits per heavy atom. The van der Waals surface area contributed by atoms with Crippen molar-refractivity contribution in [2.75, 3.05) is 13.2 Å². The Kier molecular flexibility index (Phi) is 7.27. The van der Waals surface area contributed by atoms with Gasteiger partial charge in [-0.05, 0) is 49.1 Å². The van der Waals surface area contributed by atoms with Crippen molar-refractivity contribution < 1.29 is 13.9 Å². The average molecular weight is 329 g/mol. The van der Waals surface area contributed by atoms with Gasteiger partial charge in [-0.25, -0.2) is 4.39 Å². The van der Waals surface area contributed by atoms with Crippen LogP contribution in [0.1, 0.15) is 37.7 Å². The van der Waals surface area contributed by atoms with Crippen LogP contribution in [0.3, 0.4) is 0 Å². The van der Waals surface area contributed by atoms with Crippen LogP contribution in [0.15, 0.2) is 54.6 Å². The van der Waals surface area contributed by atoms with Gasteiger partial charge in [-0.1, -0.05) is 37.3 Å². The van der Waals surface area contributed by atoms with Crippen molar-refractivity contribution in [3.05, 3.63) is 66.0 Å². The van der Waals surface area contributed by atoms with E-state index in [0.717, 1.165) is 24.8 Å². The molecule has 2 rings (SSSR count). The Labute approximate surface area is 142 Å². The van der Waals surface area contributed by atoms with Crippen molar-refractivity contribution in [1.82, 2.24) is 5.32 Å². The summed E-state index contributed by atoms with van der Waals surface area (Å²) in [6.45, 7) is 3.21. The number of ether oxygens (including phenoxy) is 1. The number of halogens is 1. The summed E-state index contributed by atoms with van der Waals surface area (Å²) in [5, 5.41) is 2.99. The fourth-order valence-corrected chi connectivity index (χ4v) is 2.54. The molecule has 0 aliphatic rings. The number of nitrogens with one attached hydrogen (secondary N) is 1. The third-order valence-electron chi connectivity index (χ3n) is 3.88. The number of amides is 1. The highest BCUT2D eigenvalue weighted by Crippen LogP contribution is 2.19. The first kappa shape index (κ1) is 18.0. The third kappa shape index (κ3) is 5.69. The Bertz CT molecular complexity index is 613. The molecule has 4 heteroatoms. The molecule has 1 amide bonds. The highest BCUT2D eigenvalue weighted by molar-refractivity contribution is 5.83. The molecule has 0 bridgehead atoms. The lowest BCUT2D eigenvalue weighted by atomic mass is 9.96. The molecule has 0 fully saturated rings. The Morgan fingerprint density at radius 1 is 1.08 bits per heavy atom. The topological polar surface area (TPSA) is 38.3 Å². The van der Waals surface area contributed by atoms with E-state index in [1.54, 1.807) is 12.1 Å². The van der Waals surface area contributed by atoms with Gasteiger partial charge < -0.3 is 10.1 Å². The molecule has 24 heavy (non-hydrogen) atoms. The van der Waals surface area contributed by atoms with Gasteiger partial charge in [0.2, 0.25) is 5.91 Å². The second-order valence-corrected chi connectivity index (χ2v) is 5.67. The van der Waals surface area contributed by atoms with Crippen molar-refractivity contribution in [2.24, 2.45) is 0 Å². The Hall–Kier alpha value is -2.36. The number of rotatable bonds is 9. The monoisotopic (exact) mass is 329 g/mol. The van der Waals surface area contributed by atoms with Crippen molar-refractivity contribution in [1.29, 1.82) is 0 Å². The summed E-state index contributed by atoms with van der Waals surface area (Å²) < 4.78 is 18.3. The summed E-state index contributed by atoms with van der Waals surface area (Å²) in [5.41, 5.74) is 1.05. The quantitative estimate of drug-likeness (QED) is 0.697. The van der Waals surface area contributed by atoms with Crippen LogP contribution in [0.5, 0.6) is 5.75 Å². The summed E-state index contributed by atoms with van der Waals surface area (Å²) in [7, 11) is 0. The van der Waals surface area contributed by atoms with Crippen molar-refractivity contribution in [3.8, 4) is 5.75 Å². The SMILES string of the molecule is CCC(C(=O)NCCCCOc1ccc(F)cc1)c1ccccc1. The van der Waals surface area contributed by atoms with Gasteiger partial charge in [-0.15, -0.1) is 0 Å². The first-order valence-electron chi connectivity index (χ1n) is 8.41. The predicted octanol–water partition coefficient (Wildman–Crippen LogP) is 4.29. The minimum atomic E-state index is -0.269. The molecule has 2 aromatic carbocycles. The zero-order chi connectivity index (χ0) is 17.2. The van der Waals surface area contributed by atoms with Crippen LogP contribution in [-0.4, -0.2) is 19.1 Å². The third-order valence-corrected chi connectivity index (χ3v) is 3.88. The smallest absolute Gasteiger partial charge is 0.227 e. The number of carbonyl (C=O) groups excluding carboxylic acids is 1. The number of unbranched alkanes of at least 4 members (excludes halogenated alkanes) is 1. The molecule has 1 atom stereocenters. The van der Waals surface area contributed by atoms with Crippen LogP contribution >= 0.6 is 0 Å². The molecule has 1 unspecified atom stereocenters. The van der Waals surface area contributed by atoms with Crippen molar-refractivity contribution >= 4 is 5.91 Å². The van der Waals surface area contributed by atoms with Gasteiger partial charge in [-0.3, -0.25) is 4.79 Å². The van der Waals surface area contributed by atoms with Crippen LogP contribution in [0.2, 0.25) is 0 Å². The number of benzene rings is 2. The highest BCUT2D eigenvalue weighted by Gasteiger charge is 2.17. The van der Waals surface area contributed by atoms with E-state index in [1.165, 1.54) is 12.1 Å². The molecule has 0 heterocycles. The van der Waals surface area contributed by atoms with Gasteiger partial charge in [0.15, 0.2) is 0 Å². The van der Waals surface area contributed by atoms with Crippen LogP contribution < -0.4 is 10.1 Å². The average Bonchev–Trinajstić information content (AvgIpc) is 2.61. The Morgan fingerprint density at radius 3 is 2.46 bits per heavy atom. The summed E-state index contributed by atoms with van der Waals surface area (Å²) >= 11 is 0. The van der Waals surface area contributed by atoms with E-state index in [1.807, 2.05) is 37.3 Å². The molecule has 0 aliphatic heterocycles. The van der Waals surface area contributed by atoms with E-state index in [2.05, 4.69) is 5.32 Å². The minimum absolute atomic E-state index is 0.0724. The fraction of sp³-hybridized carbons (Fsp3) is 0.350. The molecule has 0 aliphatic carbocycles. The molecule has 0 saturated heterocycles. The summed E-state index contributed by atoms with van der Waals surface area (Å²) in [4.78, 5) is 12.3. The van der Waals surface area contributed by atoms with Crippen LogP contribution in [0.25, 0.3) is 0 Å². The molecular weight excluding hydrogens is 305 g/mol. The minimum Gasteiger partial charge on any atom is -0.494 e. The molecule has 0 radical (unpaired) electrons. The maximum Gasteiger partial charge on any atom is 0.227 e. The summed E-state index contributed by atoms with van der Waals surface area (Å²) in [6, 6.07) is 15.8. The van der Waals surface area contributed by atoms with Gasteiger partial charge in [0.1, 0.15) is 11.6 Å². The van der Waals surface area contributed by atoms with E-state index in [0.29, 0.717) is 18.9 Å².